The van der Waals surface area contributed by atoms with E-state index in [1.54, 1.807) is 18.5 Å². The van der Waals surface area contributed by atoms with Gasteiger partial charge in [-0.25, -0.2) is 4.98 Å². The summed E-state index contributed by atoms with van der Waals surface area (Å²) >= 11 is 1.48. The van der Waals surface area contributed by atoms with Crippen molar-refractivity contribution in [1.82, 2.24) is 15.0 Å². The minimum Gasteiger partial charge on any atom is -0.437 e. The maximum absolute atomic E-state index is 5.67. The molecule has 0 amide bonds. The van der Waals surface area contributed by atoms with Crippen molar-refractivity contribution < 1.29 is 4.74 Å². The maximum atomic E-state index is 5.67. The summed E-state index contributed by atoms with van der Waals surface area (Å²) < 4.78 is 5.67. The van der Waals surface area contributed by atoms with Gasteiger partial charge in [0.25, 0.3) is 0 Å². The van der Waals surface area contributed by atoms with E-state index >= 15 is 0 Å². The van der Waals surface area contributed by atoms with Crippen molar-refractivity contribution in [2.75, 3.05) is 18.1 Å². The number of nitrogens with zero attached hydrogens (tertiary/aromatic N) is 3. The zero-order valence-corrected chi connectivity index (χ0v) is 11.8. The van der Waals surface area contributed by atoms with Crippen LogP contribution in [0.15, 0.2) is 35.7 Å². The molecule has 0 saturated carbocycles. The Bertz CT molecular complexity index is 521. The van der Waals surface area contributed by atoms with Crippen LogP contribution in [-0.4, -0.2) is 27.8 Å². The van der Waals surface area contributed by atoms with Gasteiger partial charge >= 0.3 is 0 Å². The van der Waals surface area contributed by atoms with Gasteiger partial charge in [-0.05, 0) is 24.8 Å². The number of aromatic nitrogens is 3. The van der Waals surface area contributed by atoms with Gasteiger partial charge in [0.15, 0.2) is 5.16 Å². The predicted octanol–water partition coefficient (Wildman–Crippen LogP) is 3.21. The van der Waals surface area contributed by atoms with E-state index in [0.29, 0.717) is 16.8 Å². The lowest BCUT2D eigenvalue weighted by atomic mass is 10.4. The zero-order chi connectivity index (χ0) is 13.5. The van der Waals surface area contributed by atoms with Crippen LogP contribution in [0.1, 0.15) is 13.3 Å². The monoisotopic (exact) mass is 276 g/mol. The Balaban J connectivity index is 2.19. The normalized spacial score (nSPS) is 10.2. The Morgan fingerprint density at radius 2 is 2.26 bits per heavy atom. The van der Waals surface area contributed by atoms with Crippen LogP contribution < -0.4 is 10.1 Å². The highest BCUT2D eigenvalue weighted by Gasteiger charge is 2.06. The van der Waals surface area contributed by atoms with Gasteiger partial charge in [0, 0.05) is 18.8 Å². The molecule has 0 atom stereocenters. The topological polar surface area (TPSA) is 59.9 Å². The first-order chi connectivity index (χ1) is 9.31. The highest BCUT2D eigenvalue weighted by molar-refractivity contribution is 7.98. The summed E-state index contributed by atoms with van der Waals surface area (Å²) in [7, 11) is 0. The summed E-state index contributed by atoms with van der Waals surface area (Å²) in [5, 5.41) is 3.92. The number of pyridine rings is 1. The summed E-state index contributed by atoms with van der Waals surface area (Å²) in [6.07, 6.45) is 6.33. The van der Waals surface area contributed by atoms with E-state index in [1.807, 2.05) is 18.4 Å². The maximum Gasteiger partial charge on any atom is 0.225 e. The van der Waals surface area contributed by atoms with E-state index in [0.717, 1.165) is 18.8 Å². The lowest BCUT2D eigenvalue weighted by molar-refractivity contribution is 0.454. The van der Waals surface area contributed by atoms with Crippen LogP contribution in [0.5, 0.6) is 11.6 Å². The molecule has 0 aliphatic heterocycles. The van der Waals surface area contributed by atoms with Crippen LogP contribution in [0.2, 0.25) is 0 Å². The molecule has 6 heteroatoms. The molecular weight excluding hydrogens is 260 g/mol. The summed E-state index contributed by atoms with van der Waals surface area (Å²) in [5.41, 5.74) is 0. The number of hydrogen-bond donors (Lipinski definition) is 1. The lowest BCUT2D eigenvalue weighted by Gasteiger charge is -2.09. The van der Waals surface area contributed by atoms with Gasteiger partial charge in [0.1, 0.15) is 11.6 Å². The van der Waals surface area contributed by atoms with E-state index in [2.05, 4.69) is 27.2 Å². The fourth-order valence-electron chi connectivity index (χ4n) is 1.42. The average Bonchev–Trinajstić information content (AvgIpc) is 2.46. The first kappa shape index (κ1) is 13.6. The fourth-order valence-corrected chi connectivity index (χ4v) is 1.79. The van der Waals surface area contributed by atoms with Gasteiger partial charge in [-0.1, -0.05) is 18.7 Å². The number of anilines is 1. The van der Waals surface area contributed by atoms with E-state index in [-0.39, 0.29) is 0 Å². The third-order valence-electron chi connectivity index (χ3n) is 2.28. The smallest absolute Gasteiger partial charge is 0.225 e. The Kier molecular flexibility index (Phi) is 4.97. The molecule has 0 bridgehead atoms. The molecule has 0 unspecified atom stereocenters. The van der Waals surface area contributed by atoms with Crippen molar-refractivity contribution in [3.63, 3.8) is 0 Å². The largest absolute Gasteiger partial charge is 0.437 e. The molecule has 100 valence electrons. The average molecular weight is 276 g/mol. The second kappa shape index (κ2) is 6.94. The number of nitrogens with one attached hydrogen (secondary N) is 1. The third-order valence-corrected chi connectivity index (χ3v) is 2.83. The van der Waals surface area contributed by atoms with Gasteiger partial charge < -0.3 is 10.1 Å². The number of ether oxygens (including phenoxy) is 1. The molecule has 2 rings (SSSR count). The number of thioether (sulfide) groups is 1. The first-order valence-electron chi connectivity index (χ1n) is 6.06. The minimum absolute atomic E-state index is 0.519. The molecule has 0 aliphatic carbocycles. The van der Waals surface area contributed by atoms with Crippen LogP contribution >= 0.6 is 11.8 Å². The molecule has 0 aliphatic rings. The molecule has 2 aromatic rings. The van der Waals surface area contributed by atoms with Gasteiger partial charge in [0.2, 0.25) is 5.88 Å². The molecule has 0 saturated heterocycles. The van der Waals surface area contributed by atoms with E-state index in [9.17, 15) is 0 Å². The van der Waals surface area contributed by atoms with Crippen molar-refractivity contribution in [2.24, 2.45) is 0 Å². The van der Waals surface area contributed by atoms with Gasteiger partial charge in [0.05, 0.1) is 6.20 Å². The molecule has 0 radical (unpaired) electrons. The first-order valence-corrected chi connectivity index (χ1v) is 7.29. The van der Waals surface area contributed by atoms with E-state index in [1.165, 1.54) is 11.8 Å². The van der Waals surface area contributed by atoms with Crippen LogP contribution in [0, 0.1) is 0 Å². The standard InChI is InChI=1S/C13H16N4OS/c1-3-6-15-11-8-12(17-13(16-11)19-2)18-10-5-4-7-14-9-10/h4-5,7-9H,3,6H2,1-2H3,(H,15,16,17). The van der Waals surface area contributed by atoms with Gasteiger partial charge in [-0.3, -0.25) is 4.98 Å². The Hall–Kier alpha value is -1.82. The number of rotatable bonds is 6. The minimum atomic E-state index is 0.519. The van der Waals surface area contributed by atoms with Crippen molar-refractivity contribution in [3.05, 3.63) is 30.6 Å². The predicted molar refractivity (Wildman–Crippen MR) is 76.9 cm³/mol. The van der Waals surface area contributed by atoms with Crippen LogP contribution in [0.4, 0.5) is 5.82 Å². The molecule has 0 spiro atoms. The highest BCUT2D eigenvalue weighted by Crippen LogP contribution is 2.23. The SMILES string of the molecule is CCCNc1cc(Oc2cccnc2)nc(SC)n1. The molecule has 0 fully saturated rings. The highest BCUT2D eigenvalue weighted by atomic mass is 32.2. The third kappa shape index (κ3) is 4.10. The molecule has 5 nitrogen and oxygen atoms in total. The van der Waals surface area contributed by atoms with E-state index < -0.39 is 0 Å². The van der Waals surface area contributed by atoms with Crippen molar-refractivity contribution in [3.8, 4) is 11.6 Å². The van der Waals surface area contributed by atoms with Crippen molar-refractivity contribution >= 4 is 17.6 Å². The second-order valence-corrected chi connectivity index (χ2v) is 4.57. The van der Waals surface area contributed by atoms with Crippen LogP contribution in [0.25, 0.3) is 0 Å². The molecule has 2 heterocycles. The van der Waals surface area contributed by atoms with Crippen LogP contribution in [-0.2, 0) is 0 Å². The van der Waals surface area contributed by atoms with Gasteiger partial charge in [-0.15, -0.1) is 0 Å². The van der Waals surface area contributed by atoms with Gasteiger partial charge in [-0.2, -0.15) is 4.98 Å². The summed E-state index contributed by atoms with van der Waals surface area (Å²) in [5.74, 6) is 1.96. The van der Waals surface area contributed by atoms with Crippen molar-refractivity contribution in [2.45, 2.75) is 18.5 Å². The summed E-state index contributed by atoms with van der Waals surface area (Å²) in [6, 6.07) is 5.46. The molecule has 2 aromatic heterocycles. The molecule has 19 heavy (non-hydrogen) atoms. The molecule has 1 N–H and O–H groups in total. The van der Waals surface area contributed by atoms with Crippen LogP contribution in [0.3, 0.4) is 0 Å². The second-order valence-electron chi connectivity index (χ2n) is 3.80. The Morgan fingerprint density at radius 1 is 1.37 bits per heavy atom. The number of hydrogen-bond acceptors (Lipinski definition) is 6. The molecule has 0 aromatic carbocycles. The van der Waals surface area contributed by atoms with Crippen molar-refractivity contribution in [1.29, 1.82) is 0 Å². The van der Waals surface area contributed by atoms with E-state index in [4.69, 9.17) is 4.74 Å². The fraction of sp³-hybridized carbons (Fsp3) is 0.308. The lowest BCUT2D eigenvalue weighted by Crippen LogP contribution is -2.04. The summed E-state index contributed by atoms with van der Waals surface area (Å²) in [4.78, 5) is 12.7. The summed E-state index contributed by atoms with van der Waals surface area (Å²) in [6.45, 7) is 2.98. The molecular formula is C13H16N4OS. The Labute approximate surface area is 116 Å². The quantitative estimate of drug-likeness (QED) is 0.646. The zero-order valence-electron chi connectivity index (χ0n) is 11.0. The Morgan fingerprint density at radius 3 is 2.95 bits per heavy atom.